The topological polar surface area (TPSA) is 99.0 Å². The minimum atomic E-state index is -2.89. The van der Waals surface area contributed by atoms with Crippen molar-refractivity contribution in [3.63, 3.8) is 0 Å². The molecule has 1 fully saturated rings. The van der Waals surface area contributed by atoms with Gasteiger partial charge in [0.15, 0.2) is 0 Å². The van der Waals surface area contributed by atoms with E-state index in [1.807, 2.05) is 0 Å². The number of nitro benzene ring substituents is 1. The van der Waals surface area contributed by atoms with Crippen LogP contribution in [0.25, 0.3) is 0 Å². The van der Waals surface area contributed by atoms with Crippen molar-refractivity contribution >= 4 is 17.6 Å². The van der Waals surface area contributed by atoms with Crippen LogP contribution in [0.3, 0.4) is 0 Å². The van der Waals surface area contributed by atoms with Crippen molar-refractivity contribution in [1.82, 2.24) is 4.90 Å². The molecule has 0 spiro atoms. The lowest BCUT2D eigenvalue weighted by Crippen LogP contribution is -2.58. The number of hydrogen-bond donors (Lipinski definition) is 0. The van der Waals surface area contributed by atoms with Gasteiger partial charge in [0.2, 0.25) is 5.75 Å². The SMILES string of the molecule is COC(=O)c1ccc([N+](=O)[O-])c(Oc2cccc(C(=O)N3CC(F)(F)C3)c2)c1. The molecule has 1 aliphatic rings. The van der Waals surface area contributed by atoms with Crippen LogP contribution in [0.15, 0.2) is 42.5 Å². The molecule has 0 radical (unpaired) electrons. The first-order valence-electron chi connectivity index (χ1n) is 8.02. The largest absolute Gasteiger partial charge is 0.465 e. The number of benzene rings is 2. The number of nitro groups is 1. The number of rotatable bonds is 5. The molecule has 28 heavy (non-hydrogen) atoms. The van der Waals surface area contributed by atoms with Crippen LogP contribution in [0.5, 0.6) is 11.5 Å². The standard InChI is InChI=1S/C18H14F2N2O6/c1-27-17(24)12-5-6-14(22(25)26)15(8-12)28-13-4-2-3-11(7-13)16(23)21-9-18(19,20)10-21/h2-8H,9-10H2,1H3. The summed E-state index contributed by atoms with van der Waals surface area (Å²) in [4.78, 5) is 35.4. The Bertz CT molecular complexity index is 955. The van der Waals surface area contributed by atoms with Gasteiger partial charge in [-0.25, -0.2) is 13.6 Å². The van der Waals surface area contributed by atoms with Gasteiger partial charge in [-0.15, -0.1) is 0 Å². The molecule has 0 unspecified atom stereocenters. The maximum atomic E-state index is 13.0. The zero-order chi connectivity index (χ0) is 20.5. The molecule has 1 amide bonds. The van der Waals surface area contributed by atoms with E-state index < -0.39 is 41.5 Å². The Hall–Kier alpha value is -3.56. The van der Waals surface area contributed by atoms with Crippen molar-refractivity contribution in [2.24, 2.45) is 0 Å². The van der Waals surface area contributed by atoms with Gasteiger partial charge in [0.05, 0.1) is 30.7 Å². The van der Waals surface area contributed by atoms with Crippen LogP contribution in [-0.4, -0.2) is 47.8 Å². The Kier molecular flexibility index (Phi) is 4.95. The third kappa shape index (κ3) is 3.90. The Balaban J connectivity index is 1.86. The Morgan fingerprint density at radius 2 is 1.86 bits per heavy atom. The fourth-order valence-electron chi connectivity index (χ4n) is 2.65. The maximum absolute atomic E-state index is 13.0. The molecule has 0 N–H and O–H groups in total. The molecule has 0 aliphatic carbocycles. The van der Waals surface area contributed by atoms with Crippen molar-refractivity contribution in [2.45, 2.75) is 5.92 Å². The Morgan fingerprint density at radius 1 is 1.14 bits per heavy atom. The lowest BCUT2D eigenvalue weighted by atomic mass is 10.1. The van der Waals surface area contributed by atoms with E-state index in [9.17, 15) is 28.5 Å². The van der Waals surface area contributed by atoms with Crippen molar-refractivity contribution in [3.8, 4) is 11.5 Å². The quantitative estimate of drug-likeness (QED) is 0.440. The zero-order valence-corrected chi connectivity index (χ0v) is 14.6. The first kappa shape index (κ1) is 19.2. The monoisotopic (exact) mass is 392 g/mol. The second kappa shape index (κ2) is 7.22. The molecule has 2 aromatic carbocycles. The average Bonchev–Trinajstić information content (AvgIpc) is 2.64. The summed E-state index contributed by atoms with van der Waals surface area (Å²) in [5, 5.41) is 11.2. The molecule has 1 heterocycles. The molecule has 3 rings (SSSR count). The summed E-state index contributed by atoms with van der Waals surface area (Å²) in [6.07, 6.45) is 0. The van der Waals surface area contributed by atoms with Gasteiger partial charge in [0.25, 0.3) is 11.8 Å². The second-order valence-corrected chi connectivity index (χ2v) is 6.08. The predicted molar refractivity (Wildman–Crippen MR) is 91.8 cm³/mol. The lowest BCUT2D eigenvalue weighted by molar-refractivity contribution is -0.385. The molecule has 1 saturated heterocycles. The Labute approximate surface area is 157 Å². The van der Waals surface area contributed by atoms with Crippen LogP contribution in [0.4, 0.5) is 14.5 Å². The molecule has 1 aliphatic heterocycles. The summed E-state index contributed by atoms with van der Waals surface area (Å²) in [6.45, 7) is -1.33. The number of hydrogen-bond acceptors (Lipinski definition) is 6. The second-order valence-electron chi connectivity index (χ2n) is 6.08. The summed E-state index contributed by atoms with van der Waals surface area (Å²) in [5.74, 6) is -4.36. The van der Waals surface area contributed by atoms with E-state index in [2.05, 4.69) is 4.74 Å². The van der Waals surface area contributed by atoms with Crippen molar-refractivity contribution in [3.05, 3.63) is 63.7 Å². The van der Waals surface area contributed by atoms with E-state index >= 15 is 0 Å². The van der Waals surface area contributed by atoms with Crippen molar-refractivity contribution < 1.29 is 32.8 Å². The van der Waals surface area contributed by atoms with Gasteiger partial charge in [0, 0.05) is 17.7 Å². The number of alkyl halides is 2. The van der Waals surface area contributed by atoms with E-state index in [4.69, 9.17) is 4.74 Å². The minimum Gasteiger partial charge on any atom is -0.465 e. The number of likely N-dealkylation sites (tertiary alicyclic amines) is 1. The molecule has 2 aromatic rings. The van der Waals surface area contributed by atoms with E-state index in [-0.39, 0.29) is 22.6 Å². The number of ether oxygens (including phenoxy) is 2. The average molecular weight is 392 g/mol. The maximum Gasteiger partial charge on any atom is 0.337 e. The number of halogens is 2. The van der Waals surface area contributed by atoms with Crippen LogP contribution in [0.1, 0.15) is 20.7 Å². The number of carbonyl (C=O) groups is 2. The van der Waals surface area contributed by atoms with Gasteiger partial charge >= 0.3 is 11.7 Å². The highest BCUT2D eigenvalue weighted by Gasteiger charge is 2.46. The van der Waals surface area contributed by atoms with Gasteiger partial charge < -0.3 is 14.4 Å². The highest BCUT2D eigenvalue weighted by Crippen LogP contribution is 2.33. The number of esters is 1. The number of nitrogens with zero attached hydrogens (tertiary/aromatic N) is 2. The minimum absolute atomic E-state index is 0.0399. The first-order valence-corrected chi connectivity index (χ1v) is 8.02. The third-order valence-corrected chi connectivity index (χ3v) is 4.02. The zero-order valence-electron chi connectivity index (χ0n) is 14.6. The summed E-state index contributed by atoms with van der Waals surface area (Å²) < 4.78 is 36.0. The Morgan fingerprint density at radius 3 is 2.46 bits per heavy atom. The predicted octanol–water partition coefficient (Wildman–Crippen LogP) is 3.26. The molecule has 0 saturated carbocycles. The van der Waals surface area contributed by atoms with Crippen LogP contribution in [0.2, 0.25) is 0 Å². The van der Waals surface area contributed by atoms with Crippen molar-refractivity contribution in [2.75, 3.05) is 20.2 Å². The van der Waals surface area contributed by atoms with E-state index in [0.717, 1.165) is 17.0 Å². The molecule has 10 heteroatoms. The highest BCUT2D eigenvalue weighted by molar-refractivity contribution is 5.95. The molecule has 146 valence electrons. The fourth-order valence-corrected chi connectivity index (χ4v) is 2.65. The normalized spacial score (nSPS) is 14.8. The van der Waals surface area contributed by atoms with Crippen molar-refractivity contribution in [1.29, 1.82) is 0 Å². The van der Waals surface area contributed by atoms with E-state index in [1.54, 1.807) is 0 Å². The molecular formula is C18H14F2N2O6. The van der Waals surface area contributed by atoms with Gasteiger partial charge in [-0.3, -0.25) is 14.9 Å². The van der Waals surface area contributed by atoms with Crippen LogP contribution in [0, 0.1) is 10.1 Å². The molecular weight excluding hydrogens is 378 g/mol. The number of carbonyl (C=O) groups excluding carboxylic acids is 2. The van der Waals surface area contributed by atoms with Gasteiger partial charge in [-0.2, -0.15) is 0 Å². The number of amides is 1. The fraction of sp³-hybridized carbons (Fsp3) is 0.222. The summed E-state index contributed by atoms with van der Waals surface area (Å²) in [6, 6.07) is 9.07. The van der Waals surface area contributed by atoms with E-state index in [1.165, 1.54) is 37.4 Å². The molecule has 0 aromatic heterocycles. The van der Waals surface area contributed by atoms with Gasteiger partial charge in [0.1, 0.15) is 5.75 Å². The molecule has 8 nitrogen and oxygen atoms in total. The summed E-state index contributed by atoms with van der Waals surface area (Å²) in [7, 11) is 1.17. The lowest BCUT2D eigenvalue weighted by Gasteiger charge is -2.38. The first-order chi connectivity index (χ1) is 13.2. The van der Waals surface area contributed by atoms with Gasteiger partial charge in [-0.1, -0.05) is 6.07 Å². The van der Waals surface area contributed by atoms with Gasteiger partial charge in [-0.05, 0) is 24.3 Å². The third-order valence-electron chi connectivity index (χ3n) is 4.02. The van der Waals surface area contributed by atoms with Crippen LogP contribution in [-0.2, 0) is 4.74 Å². The molecule has 0 atom stereocenters. The molecule has 0 bridgehead atoms. The number of methoxy groups -OCH3 is 1. The summed E-state index contributed by atoms with van der Waals surface area (Å²) in [5.41, 5.74) is -0.260. The highest BCUT2D eigenvalue weighted by atomic mass is 19.3. The van der Waals surface area contributed by atoms with Crippen LogP contribution < -0.4 is 4.74 Å². The summed E-state index contributed by atoms with van der Waals surface area (Å²) >= 11 is 0. The smallest absolute Gasteiger partial charge is 0.337 e. The van der Waals surface area contributed by atoms with Crippen LogP contribution >= 0.6 is 0 Å². The van der Waals surface area contributed by atoms with E-state index in [0.29, 0.717) is 0 Å².